The van der Waals surface area contributed by atoms with Crippen molar-refractivity contribution in [1.82, 2.24) is 0 Å². The van der Waals surface area contributed by atoms with E-state index in [0.29, 0.717) is 0 Å². The number of hydrogen-bond acceptors (Lipinski definition) is 0. The first-order chi connectivity index (χ1) is 18.1. The molecular formula is C28H14F10. The number of halogens is 10. The molecule has 0 nitrogen and oxygen atoms in total. The fourth-order valence-corrected chi connectivity index (χ4v) is 5.48. The van der Waals surface area contributed by atoms with Crippen molar-refractivity contribution in [3.05, 3.63) is 141 Å². The lowest BCUT2D eigenvalue weighted by molar-refractivity contribution is 0.199. The molecule has 0 unspecified atom stereocenters. The molecule has 38 heavy (non-hydrogen) atoms. The minimum Gasteiger partial charge on any atom is -0.203 e. The Hall–Kier alpha value is -3.82. The summed E-state index contributed by atoms with van der Waals surface area (Å²) in [4.78, 5) is 0. The van der Waals surface area contributed by atoms with E-state index < -0.39 is 93.0 Å². The van der Waals surface area contributed by atoms with Gasteiger partial charge < -0.3 is 0 Å². The highest BCUT2D eigenvalue weighted by molar-refractivity contribution is 5.50. The van der Waals surface area contributed by atoms with E-state index in [1.54, 1.807) is 0 Å². The van der Waals surface area contributed by atoms with Gasteiger partial charge in [-0.1, -0.05) is 60.7 Å². The van der Waals surface area contributed by atoms with Crippen LogP contribution in [-0.2, 0) is 0 Å². The minimum absolute atomic E-state index is 0.127. The van der Waals surface area contributed by atoms with E-state index in [-0.39, 0.29) is 11.1 Å². The maximum Gasteiger partial charge on any atom is 0.200 e. The lowest BCUT2D eigenvalue weighted by Gasteiger charge is -2.53. The highest BCUT2D eigenvalue weighted by Crippen LogP contribution is 2.68. The van der Waals surface area contributed by atoms with Gasteiger partial charge in [-0.05, 0) is 23.0 Å². The Kier molecular flexibility index (Phi) is 6.44. The van der Waals surface area contributed by atoms with E-state index in [4.69, 9.17) is 0 Å². The Balaban J connectivity index is 1.85. The van der Waals surface area contributed by atoms with Crippen molar-refractivity contribution >= 4 is 0 Å². The first-order valence-electron chi connectivity index (χ1n) is 11.2. The predicted octanol–water partition coefficient (Wildman–Crippen LogP) is 8.53. The van der Waals surface area contributed by atoms with E-state index in [1.807, 2.05) is 0 Å². The van der Waals surface area contributed by atoms with Gasteiger partial charge in [-0.3, -0.25) is 0 Å². The normalized spacial score (nSPS) is 20.9. The Bertz CT molecular complexity index is 1350. The molecule has 1 aliphatic rings. The molecule has 1 fully saturated rings. The fraction of sp³-hybridized carbons (Fsp3) is 0.143. The third-order valence-corrected chi connectivity index (χ3v) is 7.07. The minimum atomic E-state index is -2.40. The molecule has 10 heteroatoms. The van der Waals surface area contributed by atoms with Crippen LogP contribution in [0.3, 0.4) is 0 Å². The zero-order valence-electron chi connectivity index (χ0n) is 18.9. The standard InChI is InChI=1S/C28H14F10/c29-19-17(20(30)24(34)27(37)23(19)33)15-13(11-7-3-1-4-8-11)16(14(15)12-9-5-2-6-10-12)18-21(31)25(35)28(38)26(36)22(18)32/h1-10,13-16H. The molecule has 1 saturated carbocycles. The summed E-state index contributed by atoms with van der Waals surface area (Å²) in [5, 5.41) is 0. The third kappa shape index (κ3) is 3.68. The number of benzene rings is 4. The van der Waals surface area contributed by atoms with Crippen molar-refractivity contribution in [3.63, 3.8) is 0 Å². The maximum atomic E-state index is 15.1. The highest BCUT2D eigenvalue weighted by atomic mass is 19.2. The largest absolute Gasteiger partial charge is 0.203 e. The van der Waals surface area contributed by atoms with Crippen LogP contribution in [-0.4, -0.2) is 0 Å². The van der Waals surface area contributed by atoms with E-state index in [1.165, 1.54) is 60.7 Å². The summed E-state index contributed by atoms with van der Waals surface area (Å²) in [5.41, 5.74) is -2.24. The van der Waals surface area contributed by atoms with E-state index in [2.05, 4.69) is 0 Å². The molecular weight excluding hydrogens is 526 g/mol. The predicted molar refractivity (Wildman–Crippen MR) is 116 cm³/mol. The Labute approximate surface area is 209 Å². The van der Waals surface area contributed by atoms with E-state index in [9.17, 15) is 26.3 Å². The second-order valence-corrected chi connectivity index (χ2v) is 8.89. The van der Waals surface area contributed by atoms with Crippen LogP contribution in [0.1, 0.15) is 45.9 Å². The van der Waals surface area contributed by atoms with Gasteiger partial charge in [0.2, 0.25) is 11.6 Å². The van der Waals surface area contributed by atoms with Crippen LogP contribution >= 0.6 is 0 Å². The molecule has 196 valence electrons. The van der Waals surface area contributed by atoms with Crippen LogP contribution < -0.4 is 0 Å². The summed E-state index contributed by atoms with van der Waals surface area (Å²) < 4.78 is 145. The first kappa shape index (κ1) is 25.8. The van der Waals surface area contributed by atoms with Crippen molar-refractivity contribution in [1.29, 1.82) is 0 Å². The van der Waals surface area contributed by atoms with Gasteiger partial charge in [-0.25, -0.2) is 43.9 Å². The molecule has 0 saturated heterocycles. The van der Waals surface area contributed by atoms with Gasteiger partial charge in [0.1, 0.15) is 0 Å². The third-order valence-electron chi connectivity index (χ3n) is 7.07. The Morgan fingerprint density at radius 1 is 0.289 bits per heavy atom. The van der Waals surface area contributed by atoms with Gasteiger partial charge in [0.25, 0.3) is 0 Å². The molecule has 0 spiro atoms. The molecule has 0 N–H and O–H groups in total. The van der Waals surface area contributed by atoms with E-state index in [0.717, 1.165) is 0 Å². The van der Waals surface area contributed by atoms with Crippen LogP contribution in [0.25, 0.3) is 0 Å². The van der Waals surface area contributed by atoms with Gasteiger partial charge in [-0.15, -0.1) is 0 Å². The van der Waals surface area contributed by atoms with Gasteiger partial charge >= 0.3 is 0 Å². The molecule has 0 bridgehead atoms. The zero-order valence-corrected chi connectivity index (χ0v) is 18.9. The van der Waals surface area contributed by atoms with Crippen molar-refractivity contribution in [2.75, 3.05) is 0 Å². The lowest BCUT2D eigenvalue weighted by Crippen LogP contribution is -2.42. The SMILES string of the molecule is Fc1c(F)c(F)c(C2C(c3ccccc3)C(c3c(F)c(F)c(F)c(F)c3F)C2c2ccccc2)c(F)c1F. The Morgan fingerprint density at radius 2 is 0.526 bits per heavy atom. The first-order valence-corrected chi connectivity index (χ1v) is 11.2. The van der Waals surface area contributed by atoms with Gasteiger partial charge in [0.15, 0.2) is 46.5 Å². The molecule has 1 aliphatic carbocycles. The van der Waals surface area contributed by atoms with Crippen LogP contribution in [0, 0.1) is 58.2 Å². The molecule has 4 aromatic carbocycles. The number of hydrogen-bond donors (Lipinski definition) is 0. The second kappa shape index (κ2) is 9.49. The monoisotopic (exact) mass is 540 g/mol. The van der Waals surface area contributed by atoms with Crippen LogP contribution in [0.5, 0.6) is 0 Å². The maximum absolute atomic E-state index is 15.1. The van der Waals surface area contributed by atoms with Crippen molar-refractivity contribution < 1.29 is 43.9 Å². The van der Waals surface area contributed by atoms with Crippen molar-refractivity contribution in [2.45, 2.75) is 23.7 Å². The summed E-state index contributed by atoms with van der Waals surface area (Å²) in [7, 11) is 0. The summed E-state index contributed by atoms with van der Waals surface area (Å²) in [5.74, 6) is -28.4. The quantitative estimate of drug-likeness (QED) is 0.138. The van der Waals surface area contributed by atoms with Crippen molar-refractivity contribution in [3.8, 4) is 0 Å². The Morgan fingerprint density at radius 3 is 0.789 bits per heavy atom. The zero-order chi connectivity index (χ0) is 27.5. The fourth-order valence-electron chi connectivity index (χ4n) is 5.48. The molecule has 0 atom stereocenters. The van der Waals surface area contributed by atoms with Gasteiger partial charge in [-0.2, -0.15) is 0 Å². The summed E-state index contributed by atoms with van der Waals surface area (Å²) in [6.45, 7) is 0. The summed E-state index contributed by atoms with van der Waals surface area (Å²) in [6, 6.07) is 14.3. The van der Waals surface area contributed by atoms with Crippen LogP contribution in [0.2, 0.25) is 0 Å². The van der Waals surface area contributed by atoms with E-state index >= 15 is 17.6 Å². The smallest absolute Gasteiger partial charge is 0.200 e. The van der Waals surface area contributed by atoms with Gasteiger partial charge in [0.05, 0.1) is 0 Å². The summed E-state index contributed by atoms with van der Waals surface area (Å²) in [6.07, 6.45) is 0. The number of rotatable bonds is 4. The molecule has 0 heterocycles. The average Bonchev–Trinajstić information content (AvgIpc) is 2.92. The van der Waals surface area contributed by atoms with Crippen molar-refractivity contribution in [2.24, 2.45) is 0 Å². The second-order valence-electron chi connectivity index (χ2n) is 8.89. The van der Waals surface area contributed by atoms with Crippen LogP contribution in [0.4, 0.5) is 43.9 Å². The van der Waals surface area contributed by atoms with Gasteiger partial charge in [0, 0.05) is 23.0 Å². The molecule has 5 rings (SSSR count). The molecule has 0 radical (unpaired) electrons. The van der Waals surface area contributed by atoms with Crippen LogP contribution in [0.15, 0.2) is 60.7 Å². The molecule has 4 aromatic rings. The molecule has 0 amide bonds. The summed E-state index contributed by atoms with van der Waals surface area (Å²) >= 11 is 0. The lowest BCUT2D eigenvalue weighted by atomic mass is 9.49. The molecule has 0 aliphatic heterocycles. The molecule has 0 aromatic heterocycles. The average molecular weight is 540 g/mol. The topological polar surface area (TPSA) is 0 Å². The highest BCUT2D eigenvalue weighted by Gasteiger charge is 2.57.